The molecule has 2 aliphatic rings. The average Bonchev–Trinajstić information content (AvgIpc) is 2.40. The van der Waals surface area contributed by atoms with Gasteiger partial charge in [-0.15, -0.1) is 12.4 Å². The smallest absolute Gasteiger partial charge is 0.225 e. The van der Waals surface area contributed by atoms with Crippen LogP contribution < -0.4 is 5.32 Å². The van der Waals surface area contributed by atoms with Crippen LogP contribution in [-0.4, -0.2) is 62.5 Å². The van der Waals surface area contributed by atoms with Crippen LogP contribution >= 0.6 is 12.4 Å². The van der Waals surface area contributed by atoms with Crippen molar-refractivity contribution in [3.05, 3.63) is 0 Å². The van der Waals surface area contributed by atoms with Gasteiger partial charge in [0.25, 0.3) is 0 Å². The Bertz CT molecular complexity index is 272. The Kier molecular flexibility index (Phi) is 7.11. The first-order valence-corrected chi connectivity index (χ1v) is 7.31. The topological polar surface area (TPSA) is 35.6 Å². The van der Waals surface area contributed by atoms with Gasteiger partial charge in [0.15, 0.2) is 0 Å². The molecule has 0 aromatic heterocycles. The number of carbonyl (C=O) groups is 1. The van der Waals surface area contributed by atoms with Crippen molar-refractivity contribution in [2.45, 2.75) is 25.7 Å². The summed E-state index contributed by atoms with van der Waals surface area (Å²) in [7, 11) is 3.73. The zero-order valence-electron chi connectivity index (χ0n) is 12.2. The molecule has 0 unspecified atom stereocenters. The van der Waals surface area contributed by atoms with E-state index in [-0.39, 0.29) is 18.3 Å². The number of likely N-dealkylation sites (tertiary alicyclic amines) is 1. The minimum Gasteiger partial charge on any atom is -0.349 e. The van der Waals surface area contributed by atoms with E-state index in [0.717, 1.165) is 31.8 Å². The largest absolute Gasteiger partial charge is 0.349 e. The predicted molar refractivity (Wildman–Crippen MR) is 80.7 cm³/mol. The van der Waals surface area contributed by atoms with Crippen LogP contribution in [0.4, 0.5) is 0 Å². The van der Waals surface area contributed by atoms with Crippen molar-refractivity contribution in [2.75, 3.05) is 46.8 Å². The van der Waals surface area contributed by atoms with E-state index < -0.39 is 0 Å². The molecule has 2 fully saturated rings. The molecular weight excluding hydrogens is 262 g/mol. The van der Waals surface area contributed by atoms with Crippen LogP contribution in [0.1, 0.15) is 25.7 Å². The number of carbonyl (C=O) groups excluding carboxylic acids is 1. The maximum Gasteiger partial charge on any atom is 0.225 e. The molecule has 0 aromatic rings. The zero-order valence-corrected chi connectivity index (χ0v) is 13.0. The van der Waals surface area contributed by atoms with Crippen molar-refractivity contribution in [2.24, 2.45) is 11.8 Å². The maximum absolute atomic E-state index is 11.9. The second-order valence-corrected chi connectivity index (χ2v) is 6.00. The third kappa shape index (κ3) is 4.93. The molecule has 1 N–H and O–H groups in total. The van der Waals surface area contributed by atoms with E-state index in [9.17, 15) is 4.79 Å². The van der Waals surface area contributed by atoms with Gasteiger partial charge >= 0.3 is 0 Å². The van der Waals surface area contributed by atoms with Crippen LogP contribution in [0.5, 0.6) is 0 Å². The first-order chi connectivity index (χ1) is 8.66. The summed E-state index contributed by atoms with van der Waals surface area (Å²) in [5.74, 6) is 1.45. The highest BCUT2D eigenvalue weighted by Crippen LogP contribution is 2.21. The molecular formula is C14H28ClN3O. The third-order valence-corrected chi connectivity index (χ3v) is 4.35. The Morgan fingerprint density at radius 3 is 2.26 bits per heavy atom. The number of nitrogens with one attached hydrogen (secondary N) is 1. The summed E-state index contributed by atoms with van der Waals surface area (Å²) in [5, 5.41) is 3.42. The van der Waals surface area contributed by atoms with E-state index in [1.807, 2.05) is 14.1 Å². The van der Waals surface area contributed by atoms with Crippen molar-refractivity contribution in [1.82, 2.24) is 15.1 Å². The van der Waals surface area contributed by atoms with Crippen LogP contribution in [0, 0.1) is 11.8 Å². The zero-order chi connectivity index (χ0) is 13.0. The van der Waals surface area contributed by atoms with Gasteiger partial charge in [0, 0.05) is 26.6 Å². The van der Waals surface area contributed by atoms with Gasteiger partial charge in [0.1, 0.15) is 0 Å². The molecule has 2 aliphatic heterocycles. The maximum atomic E-state index is 11.9. The van der Waals surface area contributed by atoms with Crippen molar-refractivity contribution < 1.29 is 4.79 Å². The standard InChI is InChI=1S/C14H27N3O.ClH/c1-16(2)14(18)13-5-9-17(10-6-13)11-12-3-7-15-8-4-12;/h12-13,15H,3-11H2,1-2H3;1H. The van der Waals surface area contributed by atoms with Gasteiger partial charge in [-0.3, -0.25) is 4.79 Å². The molecule has 2 rings (SSSR count). The van der Waals surface area contributed by atoms with E-state index in [2.05, 4.69) is 10.2 Å². The molecule has 0 spiro atoms. The Hall–Kier alpha value is -0.320. The van der Waals surface area contributed by atoms with Crippen LogP contribution in [0.2, 0.25) is 0 Å². The molecule has 19 heavy (non-hydrogen) atoms. The van der Waals surface area contributed by atoms with E-state index >= 15 is 0 Å². The Morgan fingerprint density at radius 2 is 1.74 bits per heavy atom. The van der Waals surface area contributed by atoms with Crippen LogP contribution in [-0.2, 0) is 4.79 Å². The fraction of sp³-hybridized carbons (Fsp3) is 0.929. The molecule has 0 saturated carbocycles. The minimum atomic E-state index is 0. The summed E-state index contributed by atoms with van der Waals surface area (Å²) >= 11 is 0. The number of rotatable bonds is 3. The van der Waals surface area contributed by atoms with Crippen LogP contribution in [0.25, 0.3) is 0 Å². The van der Waals surface area contributed by atoms with Gasteiger partial charge in [-0.25, -0.2) is 0 Å². The lowest BCUT2D eigenvalue weighted by molar-refractivity contribution is -0.134. The van der Waals surface area contributed by atoms with Crippen molar-refractivity contribution in [3.8, 4) is 0 Å². The van der Waals surface area contributed by atoms with E-state index in [1.165, 1.54) is 32.5 Å². The lowest BCUT2D eigenvalue weighted by Gasteiger charge is -2.35. The highest BCUT2D eigenvalue weighted by molar-refractivity contribution is 5.85. The number of halogens is 1. The molecule has 5 heteroatoms. The molecule has 4 nitrogen and oxygen atoms in total. The van der Waals surface area contributed by atoms with Crippen molar-refractivity contribution >= 4 is 18.3 Å². The van der Waals surface area contributed by atoms with Gasteiger partial charge in [-0.05, 0) is 57.8 Å². The van der Waals surface area contributed by atoms with Gasteiger partial charge in [-0.2, -0.15) is 0 Å². The first-order valence-electron chi connectivity index (χ1n) is 7.31. The first kappa shape index (κ1) is 16.7. The molecule has 0 aliphatic carbocycles. The quantitative estimate of drug-likeness (QED) is 0.848. The fourth-order valence-electron chi connectivity index (χ4n) is 3.16. The highest BCUT2D eigenvalue weighted by atomic mass is 35.5. The van der Waals surface area contributed by atoms with E-state index in [0.29, 0.717) is 5.91 Å². The number of nitrogens with zero attached hydrogens (tertiary/aromatic N) is 2. The molecule has 112 valence electrons. The Balaban J connectivity index is 0.00000180. The summed E-state index contributed by atoms with van der Waals surface area (Å²) in [4.78, 5) is 16.2. The van der Waals surface area contributed by atoms with E-state index in [4.69, 9.17) is 0 Å². The van der Waals surface area contributed by atoms with Crippen molar-refractivity contribution in [1.29, 1.82) is 0 Å². The highest BCUT2D eigenvalue weighted by Gasteiger charge is 2.27. The molecule has 2 saturated heterocycles. The van der Waals surface area contributed by atoms with Gasteiger partial charge < -0.3 is 15.1 Å². The number of piperidine rings is 2. The molecule has 0 atom stereocenters. The van der Waals surface area contributed by atoms with Gasteiger partial charge in [0.05, 0.1) is 0 Å². The number of hydrogen-bond donors (Lipinski definition) is 1. The predicted octanol–water partition coefficient (Wildman–Crippen LogP) is 1.21. The molecule has 2 heterocycles. The third-order valence-electron chi connectivity index (χ3n) is 4.35. The Labute approximate surface area is 123 Å². The molecule has 0 radical (unpaired) electrons. The molecule has 1 amide bonds. The second kappa shape index (κ2) is 8.08. The van der Waals surface area contributed by atoms with Crippen LogP contribution in [0.15, 0.2) is 0 Å². The Morgan fingerprint density at radius 1 is 1.16 bits per heavy atom. The molecule has 0 bridgehead atoms. The SMILES string of the molecule is CN(C)C(=O)C1CCN(CC2CCNCC2)CC1.Cl. The number of hydrogen-bond acceptors (Lipinski definition) is 3. The summed E-state index contributed by atoms with van der Waals surface area (Å²) in [6.07, 6.45) is 4.72. The normalized spacial score (nSPS) is 22.8. The summed E-state index contributed by atoms with van der Waals surface area (Å²) in [5.41, 5.74) is 0. The lowest BCUT2D eigenvalue weighted by atomic mass is 9.92. The molecule has 0 aromatic carbocycles. The van der Waals surface area contributed by atoms with Crippen molar-refractivity contribution in [3.63, 3.8) is 0 Å². The van der Waals surface area contributed by atoms with Crippen LogP contribution in [0.3, 0.4) is 0 Å². The number of amides is 1. The lowest BCUT2D eigenvalue weighted by Crippen LogP contribution is -2.43. The second-order valence-electron chi connectivity index (χ2n) is 6.00. The fourth-order valence-corrected chi connectivity index (χ4v) is 3.16. The summed E-state index contributed by atoms with van der Waals surface area (Å²) < 4.78 is 0. The minimum absolute atomic E-state index is 0. The van der Waals surface area contributed by atoms with E-state index in [1.54, 1.807) is 4.90 Å². The summed E-state index contributed by atoms with van der Waals surface area (Å²) in [6, 6.07) is 0. The summed E-state index contributed by atoms with van der Waals surface area (Å²) in [6.45, 7) is 5.81. The average molecular weight is 290 g/mol. The van der Waals surface area contributed by atoms with Gasteiger partial charge in [-0.1, -0.05) is 0 Å². The van der Waals surface area contributed by atoms with Gasteiger partial charge in [0.2, 0.25) is 5.91 Å². The monoisotopic (exact) mass is 289 g/mol.